The Morgan fingerprint density at radius 1 is 1.00 bits per heavy atom. The van der Waals surface area contributed by atoms with Crippen LogP contribution >= 0.6 is 23.2 Å². The van der Waals surface area contributed by atoms with Gasteiger partial charge in [-0.2, -0.15) is 0 Å². The quantitative estimate of drug-likeness (QED) is 0.416. The number of imidazole rings is 1. The van der Waals surface area contributed by atoms with Crippen molar-refractivity contribution in [2.24, 2.45) is 5.73 Å². The number of hydrogen-bond acceptors (Lipinski definition) is 4. The van der Waals surface area contributed by atoms with E-state index in [1.165, 1.54) is 0 Å². The largest absolute Gasteiger partial charge is 0.484 e. The second kappa shape index (κ2) is 9.30. The molecule has 0 aliphatic heterocycles. The topological polar surface area (TPSA) is 99.2 Å². The number of hydrogen-bond donors (Lipinski definition) is 2. The highest BCUT2D eigenvalue weighted by atomic mass is 35.5. The first-order chi connectivity index (χ1) is 15.4. The van der Waals surface area contributed by atoms with E-state index in [2.05, 4.69) is 10.3 Å². The molecule has 2 amide bonds. The summed E-state index contributed by atoms with van der Waals surface area (Å²) in [4.78, 5) is 28.3. The zero-order valence-corrected chi connectivity index (χ0v) is 18.2. The molecular weight excluding hydrogens is 451 g/mol. The third-order valence-corrected chi connectivity index (χ3v) is 5.49. The van der Waals surface area contributed by atoms with E-state index in [9.17, 15) is 9.59 Å². The normalized spacial score (nSPS) is 10.8. The first kappa shape index (κ1) is 21.7. The number of ether oxygens (including phenoxy) is 1. The maximum Gasteiger partial charge on any atom is 0.255 e. The Morgan fingerprint density at radius 2 is 1.75 bits per heavy atom. The summed E-state index contributed by atoms with van der Waals surface area (Å²) in [5.41, 5.74) is 7.82. The molecule has 0 unspecified atom stereocenters. The minimum atomic E-state index is -0.564. The molecule has 0 aliphatic carbocycles. The fraction of sp³-hybridized carbons (Fsp3) is 0.0870. The van der Waals surface area contributed by atoms with E-state index < -0.39 is 5.91 Å². The fourth-order valence-electron chi connectivity index (χ4n) is 3.25. The van der Waals surface area contributed by atoms with E-state index in [-0.39, 0.29) is 19.1 Å². The van der Waals surface area contributed by atoms with E-state index in [4.69, 9.17) is 33.7 Å². The molecule has 9 heteroatoms. The number of anilines is 1. The van der Waals surface area contributed by atoms with Gasteiger partial charge in [0.05, 0.1) is 21.1 Å². The Kier molecular flexibility index (Phi) is 6.30. The lowest BCUT2D eigenvalue weighted by Crippen LogP contribution is -2.20. The summed E-state index contributed by atoms with van der Waals surface area (Å²) >= 11 is 12.6. The summed E-state index contributed by atoms with van der Waals surface area (Å²) in [6, 6.07) is 19.5. The highest BCUT2D eigenvalue weighted by Gasteiger charge is 2.18. The lowest BCUT2D eigenvalue weighted by atomic mass is 10.2. The first-order valence-electron chi connectivity index (χ1n) is 9.63. The van der Waals surface area contributed by atoms with Gasteiger partial charge in [-0.05, 0) is 48.5 Å². The number of nitrogens with zero attached hydrogens (tertiary/aromatic N) is 2. The molecule has 0 saturated carbocycles. The molecule has 3 aromatic carbocycles. The van der Waals surface area contributed by atoms with Crippen molar-refractivity contribution in [3.8, 4) is 17.1 Å². The van der Waals surface area contributed by atoms with Crippen LogP contribution in [0.4, 0.5) is 5.69 Å². The van der Waals surface area contributed by atoms with Gasteiger partial charge in [0.1, 0.15) is 18.1 Å². The zero-order valence-electron chi connectivity index (χ0n) is 16.7. The number of carbonyl (C=O) groups excluding carboxylic acids is 2. The Balaban J connectivity index is 1.59. The number of para-hydroxylation sites is 2. The lowest BCUT2D eigenvalue weighted by Gasteiger charge is -2.12. The van der Waals surface area contributed by atoms with Crippen molar-refractivity contribution in [1.82, 2.24) is 9.55 Å². The number of amides is 2. The number of halogens is 2. The molecule has 32 heavy (non-hydrogen) atoms. The zero-order chi connectivity index (χ0) is 22.7. The average Bonchev–Trinajstić information content (AvgIpc) is 3.13. The maximum atomic E-state index is 12.8. The number of nitrogens with one attached hydrogen (secondary N) is 1. The monoisotopic (exact) mass is 468 g/mol. The van der Waals surface area contributed by atoms with Crippen LogP contribution < -0.4 is 15.8 Å². The number of rotatable bonds is 7. The van der Waals surface area contributed by atoms with E-state index in [1.54, 1.807) is 41.0 Å². The minimum absolute atomic E-state index is 0.0125. The number of nitrogens with two attached hydrogens (primary N) is 1. The molecule has 0 radical (unpaired) electrons. The van der Waals surface area contributed by atoms with Crippen LogP contribution in [0.5, 0.6) is 5.75 Å². The number of benzene rings is 3. The van der Waals surface area contributed by atoms with E-state index in [1.807, 2.05) is 30.3 Å². The molecule has 3 N–H and O–H groups in total. The van der Waals surface area contributed by atoms with Crippen molar-refractivity contribution in [3.63, 3.8) is 0 Å². The molecule has 4 aromatic rings. The van der Waals surface area contributed by atoms with Gasteiger partial charge in [-0.1, -0.05) is 41.4 Å². The Bertz CT molecular complexity index is 1300. The predicted octanol–water partition coefficient (Wildman–Crippen LogP) is 4.51. The predicted molar refractivity (Wildman–Crippen MR) is 125 cm³/mol. The van der Waals surface area contributed by atoms with E-state index in [0.29, 0.717) is 32.9 Å². The van der Waals surface area contributed by atoms with Crippen molar-refractivity contribution in [3.05, 3.63) is 76.8 Å². The summed E-state index contributed by atoms with van der Waals surface area (Å²) < 4.78 is 7.02. The number of fused-ring (bicyclic) bond motifs is 1. The van der Waals surface area contributed by atoms with Gasteiger partial charge in [0, 0.05) is 11.3 Å². The van der Waals surface area contributed by atoms with Crippen molar-refractivity contribution in [2.75, 3.05) is 11.9 Å². The van der Waals surface area contributed by atoms with Crippen LogP contribution in [0.3, 0.4) is 0 Å². The maximum absolute atomic E-state index is 12.8. The molecule has 0 aliphatic rings. The molecule has 1 heterocycles. The molecule has 0 fully saturated rings. The molecule has 7 nitrogen and oxygen atoms in total. The van der Waals surface area contributed by atoms with Gasteiger partial charge in [-0.25, -0.2) is 4.98 Å². The smallest absolute Gasteiger partial charge is 0.255 e. The second-order valence-corrected chi connectivity index (χ2v) is 7.72. The fourth-order valence-corrected chi connectivity index (χ4v) is 3.64. The molecule has 162 valence electrons. The van der Waals surface area contributed by atoms with E-state index in [0.717, 1.165) is 11.0 Å². The van der Waals surface area contributed by atoms with Gasteiger partial charge in [-0.3, -0.25) is 9.59 Å². The molecule has 0 atom stereocenters. The number of primary amides is 1. The standard InChI is InChI=1S/C23H18Cl2N4O3/c24-17-5-3-4-16(22(17)25)23-28-18-6-1-2-7-19(18)29(23)12-21(31)27-14-8-10-15(11-9-14)32-13-20(26)30/h1-11H,12-13H2,(H2,26,30)(H,27,31). The van der Waals surface area contributed by atoms with Crippen LogP contribution in [0.25, 0.3) is 22.4 Å². The highest BCUT2D eigenvalue weighted by molar-refractivity contribution is 6.43. The van der Waals surface area contributed by atoms with Crippen molar-refractivity contribution in [2.45, 2.75) is 6.54 Å². The van der Waals surface area contributed by atoms with Crippen LogP contribution in [0.15, 0.2) is 66.7 Å². The summed E-state index contributed by atoms with van der Waals surface area (Å²) in [5, 5.41) is 3.63. The molecule has 1 aromatic heterocycles. The third kappa shape index (κ3) is 4.69. The Hall–Kier alpha value is -3.55. The summed E-state index contributed by atoms with van der Waals surface area (Å²) in [7, 11) is 0. The first-order valence-corrected chi connectivity index (χ1v) is 10.4. The van der Waals surface area contributed by atoms with Crippen LogP contribution in [-0.4, -0.2) is 28.0 Å². The highest BCUT2D eigenvalue weighted by Crippen LogP contribution is 2.34. The van der Waals surface area contributed by atoms with Crippen molar-refractivity contribution < 1.29 is 14.3 Å². The number of carbonyl (C=O) groups is 2. The second-order valence-electron chi connectivity index (χ2n) is 6.94. The summed E-state index contributed by atoms with van der Waals surface area (Å²) in [5.74, 6) is 0.202. The molecule has 4 rings (SSSR count). The van der Waals surface area contributed by atoms with Gasteiger partial charge in [0.15, 0.2) is 6.61 Å². The van der Waals surface area contributed by atoms with Gasteiger partial charge in [-0.15, -0.1) is 0 Å². The molecule has 0 bridgehead atoms. The van der Waals surface area contributed by atoms with Crippen LogP contribution in [0.2, 0.25) is 10.0 Å². The molecule has 0 spiro atoms. The van der Waals surface area contributed by atoms with Crippen molar-refractivity contribution in [1.29, 1.82) is 0 Å². The summed E-state index contributed by atoms with van der Waals surface area (Å²) in [6.45, 7) is -0.202. The third-order valence-electron chi connectivity index (χ3n) is 4.67. The molecule has 0 saturated heterocycles. The van der Waals surface area contributed by atoms with Crippen LogP contribution in [-0.2, 0) is 16.1 Å². The number of aromatic nitrogens is 2. The Labute approximate surface area is 193 Å². The molecular formula is C23H18Cl2N4O3. The lowest BCUT2D eigenvalue weighted by molar-refractivity contribution is -0.120. The van der Waals surface area contributed by atoms with Crippen LogP contribution in [0.1, 0.15) is 0 Å². The van der Waals surface area contributed by atoms with E-state index >= 15 is 0 Å². The Morgan fingerprint density at radius 3 is 2.50 bits per heavy atom. The van der Waals surface area contributed by atoms with Gasteiger partial charge in [0.2, 0.25) is 5.91 Å². The SMILES string of the molecule is NC(=O)COc1ccc(NC(=O)Cn2c(-c3cccc(Cl)c3Cl)nc3ccccc32)cc1. The van der Waals surface area contributed by atoms with Gasteiger partial charge < -0.3 is 20.4 Å². The van der Waals surface area contributed by atoms with Gasteiger partial charge in [0.25, 0.3) is 5.91 Å². The van der Waals surface area contributed by atoms with Crippen molar-refractivity contribution >= 4 is 51.7 Å². The van der Waals surface area contributed by atoms with Gasteiger partial charge >= 0.3 is 0 Å². The average molecular weight is 469 g/mol. The summed E-state index contributed by atoms with van der Waals surface area (Å²) in [6.07, 6.45) is 0. The van der Waals surface area contributed by atoms with Crippen LogP contribution in [0, 0.1) is 0 Å². The minimum Gasteiger partial charge on any atom is -0.484 e.